The molecule has 6 heteroatoms. The fourth-order valence-electron chi connectivity index (χ4n) is 3.02. The molecule has 0 saturated carbocycles. The van der Waals surface area contributed by atoms with Crippen LogP contribution in [0.2, 0.25) is 0 Å². The number of halogens is 2. The van der Waals surface area contributed by atoms with E-state index in [4.69, 9.17) is 0 Å². The van der Waals surface area contributed by atoms with Crippen LogP contribution in [-0.4, -0.2) is 50.1 Å². The molecule has 1 fully saturated rings. The van der Waals surface area contributed by atoms with E-state index in [9.17, 15) is 4.39 Å². The molecule has 136 valence electrons. The highest BCUT2D eigenvalue weighted by atomic mass is 127. The molecule has 4 nitrogen and oxygen atoms in total. The molecule has 1 aromatic rings. The first kappa shape index (κ1) is 21.2. The van der Waals surface area contributed by atoms with Gasteiger partial charge in [0.05, 0.1) is 0 Å². The van der Waals surface area contributed by atoms with Crippen molar-refractivity contribution >= 4 is 29.9 Å². The Morgan fingerprint density at radius 2 is 2.08 bits per heavy atom. The Kier molecular flexibility index (Phi) is 10.2. The van der Waals surface area contributed by atoms with E-state index in [0.29, 0.717) is 6.04 Å². The summed E-state index contributed by atoms with van der Waals surface area (Å²) in [4.78, 5) is 6.82. The Balaban J connectivity index is 0.00000288. The van der Waals surface area contributed by atoms with E-state index in [1.165, 1.54) is 19.0 Å². The lowest BCUT2D eigenvalue weighted by Gasteiger charge is -2.32. The van der Waals surface area contributed by atoms with E-state index in [-0.39, 0.29) is 29.8 Å². The molecule has 24 heavy (non-hydrogen) atoms. The zero-order valence-corrected chi connectivity index (χ0v) is 17.1. The average Bonchev–Trinajstić information content (AvgIpc) is 2.56. The molecule has 2 N–H and O–H groups in total. The van der Waals surface area contributed by atoms with E-state index in [1.54, 1.807) is 19.2 Å². The van der Waals surface area contributed by atoms with Gasteiger partial charge in [0.15, 0.2) is 5.96 Å². The standard InChI is InChI=1S/C18H29FN4.HI/c1-3-11-23-12-8-17(9-13-23)22-18(20-2)21-10-7-15-5-4-6-16(19)14-15;/h4-6,14,17H,3,7-13H2,1-2H3,(H2,20,21,22);1H. The summed E-state index contributed by atoms with van der Waals surface area (Å²) in [5.41, 5.74) is 1.00. The molecule has 0 unspecified atom stereocenters. The second-order valence-corrected chi connectivity index (χ2v) is 6.14. The third-order valence-corrected chi connectivity index (χ3v) is 4.29. The number of guanidine groups is 1. The van der Waals surface area contributed by atoms with E-state index in [2.05, 4.69) is 27.4 Å². The first-order valence-corrected chi connectivity index (χ1v) is 8.65. The third-order valence-electron chi connectivity index (χ3n) is 4.29. The van der Waals surface area contributed by atoms with Crippen LogP contribution in [0, 0.1) is 5.82 Å². The second kappa shape index (κ2) is 11.6. The number of rotatable bonds is 6. The fraction of sp³-hybridized carbons (Fsp3) is 0.611. The van der Waals surface area contributed by atoms with Crippen LogP contribution in [0.3, 0.4) is 0 Å². The van der Waals surface area contributed by atoms with Crippen LogP contribution in [0.15, 0.2) is 29.3 Å². The van der Waals surface area contributed by atoms with Crippen LogP contribution in [-0.2, 0) is 6.42 Å². The predicted molar refractivity (Wildman–Crippen MR) is 110 cm³/mol. The van der Waals surface area contributed by atoms with E-state index in [1.807, 2.05) is 6.07 Å². The van der Waals surface area contributed by atoms with Gasteiger partial charge in [0.2, 0.25) is 0 Å². The maximum Gasteiger partial charge on any atom is 0.191 e. The van der Waals surface area contributed by atoms with Crippen molar-refractivity contribution in [2.75, 3.05) is 33.2 Å². The van der Waals surface area contributed by atoms with Crippen molar-refractivity contribution in [3.05, 3.63) is 35.6 Å². The largest absolute Gasteiger partial charge is 0.356 e. The summed E-state index contributed by atoms with van der Waals surface area (Å²) in [6.45, 7) is 6.50. The molecule has 1 aliphatic heterocycles. The van der Waals surface area contributed by atoms with Gasteiger partial charge < -0.3 is 15.5 Å². The average molecular weight is 448 g/mol. The fourth-order valence-corrected chi connectivity index (χ4v) is 3.02. The van der Waals surface area contributed by atoms with Gasteiger partial charge in [-0.25, -0.2) is 4.39 Å². The predicted octanol–water partition coefficient (Wildman–Crippen LogP) is 3.03. The van der Waals surface area contributed by atoms with Gasteiger partial charge in [-0.3, -0.25) is 4.99 Å². The Bertz CT molecular complexity index is 502. The summed E-state index contributed by atoms with van der Waals surface area (Å²) >= 11 is 0. The number of hydrogen-bond acceptors (Lipinski definition) is 2. The molecule has 0 bridgehead atoms. The lowest BCUT2D eigenvalue weighted by Crippen LogP contribution is -2.49. The molecule has 1 heterocycles. The second-order valence-electron chi connectivity index (χ2n) is 6.14. The first-order chi connectivity index (χ1) is 11.2. The van der Waals surface area contributed by atoms with Gasteiger partial charge in [0, 0.05) is 32.7 Å². The van der Waals surface area contributed by atoms with Gasteiger partial charge in [0.25, 0.3) is 0 Å². The van der Waals surface area contributed by atoms with E-state index >= 15 is 0 Å². The molecular weight excluding hydrogens is 418 g/mol. The SMILES string of the molecule is CCCN1CCC(NC(=NC)NCCc2cccc(F)c2)CC1.I. The van der Waals surface area contributed by atoms with E-state index in [0.717, 1.165) is 50.4 Å². The number of aliphatic imine (C=N–C) groups is 1. The highest BCUT2D eigenvalue weighted by molar-refractivity contribution is 14.0. The minimum Gasteiger partial charge on any atom is -0.356 e. The molecule has 0 spiro atoms. The monoisotopic (exact) mass is 448 g/mol. The van der Waals surface area contributed by atoms with Gasteiger partial charge in [-0.15, -0.1) is 24.0 Å². The van der Waals surface area contributed by atoms with Crippen molar-refractivity contribution in [2.24, 2.45) is 4.99 Å². The Morgan fingerprint density at radius 3 is 2.71 bits per heavy atom. The van der Waals surface area contributed by atoms with Crippen molar-refractivity contribution in [3.63, 3.8) is 0 Å². The summed E-state index contributed by atoms with van der Waals surface area (Å²) in [6, 6.07) is 7.25. The molecule has 0 atom stereocenters. The molecule has 1 aliphatic rings. The maximum atomic E-state index is 13.2. The van der Waals surface area contributed by atoms with Crippen LogP contribution < -0.4 is 10.6 Å². The van der Waals surface area contributed by atoms with Crippen molar-refractivity contribution in [1.82, 2.24) is 15.5 Å². The van der Waals surface area contributed by atoms with Crippen molar-refractivity contribution in [3.8, 4) is 0 Å². The lowest BCUT2D eigenvalue weighted by atomic mass is 10.1. The Labute approximate surface area is 162 Å². The zero-order chi connectivity index (χ0) is 16.5. The van der Waals surface area contributed by atoms with Crippen LogP contribution in [0.25, 0.3) is 0 Å². The maximum absolute atomic E-state index is 13.2. The smallest absolute Gasteiger partial charge is 0.191 e. The summed E-state index contributed by atoms with van der Waals surface area (Å²) in [6.07, 6.45) is 4.32. The Hall–Kier alpha value is -0.890. The van der Waals surface area contributed by atoms with Gasteiger partial charge >= 0.3 is 0 Å². The zero-order valence-electron chi connectivity index (χ0n) is 14.7. The number of piperidine rings is 1. The summed E-state index contributed by atoms with van der Waals surface area (Å²) in [5, 5.41) is 6.83. The first-order valence-electron chi connectivity index (χ1n) is 8.65. The van der Waals surface area contributed by atoms with Crippen molar-refractivity contribution < 1.29 is 4.39 Å². The molecule has 0 radical (unpaired) electrons. The third kappa shape index (κ3) is 7.34. The van der Waals surface area contributed by atoms with Crippen molar-refractivity contribution in [1.29, 1.82) is 0 Å². The minimum atomic E-state index is -0.177. The number of likely N-dealkylation sites (tertiary alicyclic amines) is 1. The lowest BCUT2D eigenvalue weighted by molar-refractivity contribution is 0.206. The number of benzene rings is 1. The Morgan fingerprint density at radius 1 is 1.33 bits per heavy atom. The highest BCUT2D eigenvalue weighted by Crippen LogP contribution is 2.10. The normalized spacial score (nSPS) is 16.5. The van der Waals surface area contributed by atoms with Crippen LogP contribution in [0.4, 0.5) is 4.39 Å². The topological polar surface area (TPSA) is 39.7 Å². The summed E-state index contributed by atoms with van der Waals surface area (Å²) < 4.78 is 13.2. The minimum absolute atomic E-state index is 0. The molecular formula is C18H30FIN4. The van der Waals surface area contributed by atoms with Crippen LogP contribution in [0.1, 0.15) is 31.7 Å². The van der Waals surface area contributed by atoms with Crippen molar-refractivity contribution in [2.45, 2.75) is 38.6 Å². The molecule has 0 aliphatic carbocycles. The molecule has 2 rings (SSSR count). The van der Waals surface area contributed by atoms with Gasteiger partial charge in [-0.2, -0.15) is 0 Å². The highest BCUT2D eigenvalue weighted by Gasteiger charge is 2.19. The molecule has 1 saturated heterocycles. The van der Waals surface area contributed by atoms with Crippen LogP contribution >= 0.6 is 24.0 Å². The molecule has 1 aromatic carbocycles. The number of nitrogens with zero attached hydrogens (tertiary/aromatic N) is 2. The summed E-state index contributed by atoms with van der Waals surface area (Å²) in [7, 11) is 1.80. The van der Waals surface area contributed by atoms with Crippen LogP contribution in [0.5, 0.6) is 0 Å². The summed E-state index contributed by atoms with van der Waals surface area (Å²) in [5.74, 6) is 0.666. The number of hydrogen-bond donors (Lipinski definition) is 2. The van der Waals surface area contributed by atoms with Gasteiger partial charge in [0.1, 0.15) is 5.82 Å². The van der Waals surface area contributed by atoms with E-state index < -0.39 is 0 Å². The van der Waals surface area contributed by atoms with Gasteiger partial charge in [-0.05, 0) is 49.9 Å². The van der Waals surface area contributed by atoms with Gasteiger partial charge in [-0.1, -0.05) is 19.1 Å². The molecule has 0 aromatic heterocycles. The quantitative estimate of drug-likeness (QED) is 0.400. The number of nitrogens with one attached hydrogen (secondary N) is 2. The molecule has 0 amide bonds.